The second-order valence-electron chi connectivity index (χ2n) is 3.50. The van der Waals surface area contributed by atoms with Crippen LogP contribution in [-0.2, 0) is 9.53 Å². The lowest BCUT2D eigenvalue weighted by molar-refractivity contribution is -0.136. The predicted octanol–water partition coefficient (Wildman–Crippen LogP) is 1.26. The van der Waals surface area contributed by atoms with Gasteiger partial charge in [0, 0.05) is 0 Å². The molecule has 1 amide bonds. The first kappa shape index (κ1) is 9.21. The number of hydrogen-bond donors (Lipinski definition) is 1. The molecule has 1 aromatic carbocycles. The van der Waals surface area contributed by atoms with Crippen molar-refractivity contribution in [2.45, 2.75) is 19.1 Å². The van der Waals surface area contributed by atoms with Gasteiger partial charge in [0.15, 0.2) is 0 Å². The van der Waals surface area contributed by atoms with Crippen molar-refractivity contribution in [2.75, 3.05) is 6.61 Å². The van der Waals surface area contributed by atoms with Crippen LogP contribution in [0.25, 0.3) is 0 Å². The quantitative estimate of drug-likeness (QED) is 0.725. The van der Waals surface area contributed by atoms with E-state index >= 15 is 0 Å². The molecule has 2 rings (SSSR count). The molecule has 0 radical (unpaired) electrons. The average molecular weight is 191 g/mol. The molecule has 14 heavy (non-hydrogen) atoms. The third kappa shape index (κ3) is 1.77. The summed E-state index contributed by atoms with van der Waals surface area (Å²) in [6.07, 6.45) is -0.0195. The van der Waals surface area contributed by atoms with E-state index in [-0.39, 0.29) is 24.7 Å². The van der Waals surface area contributed by atoms with Crippen LogP contribution in [0.15, 0.2) is 30.3 Å². The van der Waals surface area contributed by atoms with E-state index in [2.05, 4.69) is 5.32 Å². The Morgan fingerprint density at radius 2 is 2.07 bits per heavy atom. The molecule has 0 saturated carbocycles. The maximum Gasteiger partial charge on any atom is 0.246 e. The molecule has 1 N–H and O–H groups in total. The van der Waals surface area contributed by atoms with E-state index in [1.54, 1.807) is 0 Å². The molecule has 2 atom stereocenters. The van der Waals surface area contributed by atoms with Gasteiger partial charge >= 0.3 is 0 Å². The van der Waals surface area contributed by atoms with Crippen molar-refractivity contribution in [3.8, 4) is 0 Å². The SMILES string of the molecule is C[C@H]1NC(=O)CO[C@H]1c1ccccc1. The fourth-order valence-electron chi connectivity index (χ4n) is 1.71. The summed E-state index contributed by atoms with van der Waals surface area (Å²) < 4.78 is 5.48. The number of ether oxygens (including phenoxy) is 1. The van der Waals surface area contributed by atoms with Crippen molar-refractivity contribution in [1.29, 1.82) is 0 Å². The van der Waals surface area contributed by atoms with E-state index in [4.69, 9.17) is 4.74 Å². The fourth-order valence-corrected chi connectivity index (χ4v) is 1.71. The van der Waals surface area contributed by atoms with Crippen LogP contribution in [0, 0.1) is 0 Å². The average Bonchev–Trinajstić information content (AvgIpc) is 2.19. The molecular formula is C11H13NO2. The Kier molecular flexibility index (Phi) is 2.50. The van der Waals surface area contributed by atoms with Crippen LogP contribution in [0.2, 0.25) is 0 Å². The molecule has 1 aliphatic heterocycles. The highest BCUT2D eigenvalue weighted by molar-refractivity contribution is 5.78. The summed E-state index contributed by atoms with van der Waals surface area (Å²) in [6.45, 7) is 2.11. The maximum atomic E-state index is 11.0. The van der Waals surface area contributed by atoms with Crippen molar-refractivity contribution in [3.05, 3.63) is 35.9 Å². The molecule has 1 fully saturated rings. The van der Waals surface area contributed by atoms with Gasteiger partial charge in [0.1, 0.15) is 12.7 Å². The molecule has 1 aromatic rings. The second-order valence-corrected chi connectivity index (χ2v) is 3.50. The molecule has 74 valence electrons. The van der Waals surface area contributed by atoms with E-state index in [9.17, 15) is 4.79 Å². The number of benzene rings is 1. The topological polar surface area (TPSA) is 38.3 Å². The van der Waals surface area contributed by atoms with E-state index in [1.807, 2.05) is 37.3 Å². The predicted molar refractivity (Wildman–Crippen MR) is 52.7 cm³/mol. The van der Waals surface area contributed by atoms with E-state index in [0.717, 1.165) is 5.56 Å². The monoisotopic (exact) mass is 191 g/mol. The van der Waals surface area contributed by atoms with E-state index in [0.29, 0.717) is 0 Å². The van der Waals surface area contributed by atoms with Crippen molar-refractivity contribution in [1.82, 2.24) is 5.32 Å². The molecule has 1 heterocycles. The summed E-state index contributed by atoms with van der Waals surface area (Å²) in [7, 11) is 0. The summed E-state index contributed by atoms with van der Waals surface area (Å²) in [5.74, 6) is -0.0373. The van der Waals surface area contributed by atoms with Crippen LogP contribution in [0.3, 0.4) is 0 Å². The number of hydrogen-bond acceptors (Lipinski definition) is 2. The molecule has 1 saturated heterocycles. The van der Waals surface area contributed by atoms with Gasteiger partial charge in [-0.25, -0.2) is 0 Å². The zero-order valence-electron chi connectivity index (χ0n) is 8.07. The standard InChI is InChI=1S/C11H13NO2/c1-8-11(14-7-10(13)12-8)9-5-3-2-4-6-9/h2-6,8,11H,7H2,1H3,(H,12,13)/t8-,11-/m1/s1. The lowest BCUT2D eigenvalue weighted by Gasteiger charge is -2.30. The summed E-state index contributed by atoms with van der Waals surface area (Å²) in [4.78, 5) is 11.0. The van der Waals surface area contributed by atoms with Crippen LogP contribution in [0.1, 0.15) is 18.6 Å². The largest absolute Gasteiger partial charge is 0.362 e. The first-order valence-electron chi connectivity index (χ1n) is 4.73. The molecule has 1 aliphatic rings. The number of carbonyl (C=O) groups is 1. The van der Waals surface area contributed by atoms with Gasteiger partial charge in [-0.2, -0.15) is 0 Å². The molecule has 0 unspecified atom stereocenters. The Labute approximate surface area is 83.1 Å². The van der Waals surface area contributed by atoms with Gasteiger partial charge < -0.3 is 10.1 Å². The minimum atomic E-state index is -0.0373. The van der Waals surface area contributed by atoms with Crippen LogP contribution < -0.4 is 5.32 Å². The first-order chi connectivity index (χ1) is 6.77. The van der Waals surface area contributed by atoms with Crippen LogP contribution >= 0.6 is 0 Å². The number of morpholine rings is 1. The van der Waals surface area contributed by atoms with Crippen molar-refractivity contribution < 1.29 is 9.53 Å². The number of amides is 1. The maximum absolute atomic E-state index is 11.0. The molecule has 0 spiro atoms. The van der Waals surface area contributed by atoms with Gasteiger partial charge in [-0.3, -0.25) is 4.79 Å². The Bertz CT molecular complexity index is 323. The second kappa shape index (κ2) is 3.80. The van der Waals surface area contributed by atoms with E-state index < -0.39 is 0 Å². The summed E-state index contributed by atoms with van der Waals surface area (Å²) >= 11 is 0. The van der Waals surface area contributed by atoms with Gasteiger partial charge in [0.2, 0.25) is 5.91 Å². The van der Waals surface area contributed by atoms with Gasteiger partial charge in [0.05, 0.1) is 6.04 Å². The summed E-state index contributed by atoms with van der Waals surface area (Å²) in [5, 5.41) is 2.86. The van der Waals surface area contributed by atoms with Crippen molar-refractivity contribution in [2.24, 2.45) is 0 Å². The minimum absolute atomic E-state index is 0.0195. The lowest BCUT2D eigenvalue weighted by Crippen LogP contribution is -2.45. The summed E-state index contributed by atoms with van der Waals surface area (Å²) in [5.41, 5.74) is 1.11. The molecule has 0 bridgehead atoms. The normalized spacial score (nSPS) is 27.1. The number of nitrogens with one attached hydrogen (secondary N) is 1. The highest BCUT2D eigenvalue weighted by Crippen LogP contribution is 2.23. The smallest absolute Gasteiger partial charge is 0.246 e. The van der Waals surface area contributed by atoms with Gasteiger partial charge in [-0.05, 0) is 12.5 Å². The third-order valence-electron chi connectivity index (χ3n) is 2.36. The fraction of sp³-hybridized carbons (Fsp3) is 0.364. The van der Waals surface area contributed by atoms with E-state index in [1.165, 1.54) is 0 Å². The van der Waals surface area contributed by atoms with Gasteiger partial charge in [0.25, 0.3) is 0 Å². The molecule has 0 aromatic heterocycles. The Hall–Kier alpha value is -1.35. The summed E-state index contributed by atoms with van der Waals surface area (Å²) in [6, 6.07) is 9.98. The van der Waals surface area contributed by atoms with Crippen LogP contribution in [-0.4, -0.2) is 18.6 Å². The zero-order valence-corrected chi connectivity index (χ0v) is 8.07. The highest BCUT2D eigenvalue weighted by Gasteiger charge is 2.26. The third-order valence-corrected chi connectivity index (χ3v) is 2.36. The number of rotatable bonds is 1. The molecule has 3 nitrogen and oxygen atoms in total. The molecule has 0 aliphatic carbocycles. The zero-order chi connectivity index (χ0) is 9.97. The Morgan fingerprint density at radius 3 is 2.71 bits per heavy atom. The van der Waals surface area contributed by atoms with Gasteiger partial charge in [-0.1, -0.05) is 30.3 Å². The lowest BCUT2D eigenvalue weighted by atomic mass is 10.0. The van der Waals surface area contributed by atoms with Crippen LogP contribution in [0.5, 0.6) is 0 Å². The van der Waals surface area contributed by atoms with Crippen molar-refractivity contribution >= 4 is 5.91 Å². The minimum Gasteiger partial charge on any atom is -0.362 e. The number of carbonyl (C=O) groups excluding carboxylic acids is 1. The van der Waals surface area contributed by atoms with Crippen molar-refractivity contribution in [3.63, 3.8) is 0 Å². The Morgan fingerprint density at radius 1 is 1.36 bits per heavy atom. The Balaban J connectivity index is 2.16. The highest BCUT2D eigenvalue weighted by atomic mass is 16.5. The van der Waals surface area contributed by atoms with Gasteiger partial charge in [-0.15, -0.1) is 0 Å². The first-order valence-corrected chi connectivity index (χ1v) is 4.73. The molecule has 3 heteroatoms. The molecular weight excluding hydrogens is 178 g/mol. The van der Waals surface area contributed by atoms with Crippen LogP contribution in [0.4, 0.5) is 0 Å².